The Bertz CT molecular complexity index is 531. The van der Waals surface area contributed by atoms with Crippen LogP contribution in [0.25, 0.3) is 5.69 Å². The van der Waals surface area contributed by atoms with Crippen molar-refractivity contribution in [3.05, 3.63) is 48.3 Å². The molecule has 0 aliphatic rings. The Morgan fingerprint density at radius 3 is 2.53 bits per heavy atom. The van der Waals surface area contributed by atoms with Crippen LogP contribution in [0.1, 0.15) is 10.5 Å². The summed E-state index contributed by atoms with van der Waals surface area (Å²) in [6.45, 7) is 0. The van der Waals surface area contributed by atoms with E-state index in [4.69, 9.17) is 0 Å². The molecule has 88 valence electrons. The van der Waals surface area contributed by atoms with E-state index in [0.29, 0.717) is 11.4 Å². The molecule has 1 aromatic heterocycles. The lowest BCUT2D eigenvalue weighted by atomic mass is 10.3. The van der Waals surface area contributed by atoms with E-state index in [1.807, 2.05) is 0 Å². The first-order valence-electron chi connectivity index (χ1n) is 5.09. The topological polar surface area (TPSA) is 38.1 Å². The molecule has 0 N–H and O–H groups in total. The normalized spacial score (nSPS) is 10.3. The Morgan fingerprint density at radius 1 is 1.29 bits per heavy atom. The van der Waals surface area contributed by atoms with E-state index in [-0.39, 0.29) is 11.7 Å². The molecule has 17 heavy (non-hydrogen) atoms. The van der Waals surface area contributed by atoms with E-state index >= 15 is 0 Å². The maximum absolute atomic E-state index is 12.8. The van der Waals surface area contributed by atoms with Crippen LogP contribution in [-0.2, 0) is 0 Å². The molecule has 0 radical (unpaired) electrons. The molecular formula is C12H12FN3O. The van der Waals surface area contributed by atoms with Gasteiger partial charge in [0.2, 0.25) is 0 Å². The van der Waals surface area contributed by atoms with E-state index in [9.17, 15) is 9.18 Å². The van der Waals surface area contributed by atoms with E-state index in [2.05, 4.69) is 4.98 Å². The highest BCUT2D eigenvalue weighted by molar-refractivity contribution is 5.92. The van der Waals surface area contributed by atoms with Crippen LogP contribution in [0.3, 0.4) is 0 Å². The molecule has 0 atom stereocenters. The van der Waals surface area contributed by atoms with Crippen molar-refractivity contribution < 1.29 is 9.18 Å². The Balaban J connectivity index is 2.43. The van der Waals surface area contributed by atoms with Crippen molar-refractivity contribution in [1.29, 1.82) is 0 Å². The van der Waals surface area contributed by atoms with Crippen molar-refractivity contribution >= 4 is 5.91 Å². The summed E-state index contributed by atoms with van der Waals surface area (Å²) in [7, 11) is 3.34. The van der Waals surface area contributed by atoms with Crippen molar-refractivity contribution in [3.63, 3.8) is 0 Å². The van der Waals surface area contributed by atoms with Gasteiger partial charge in [0.05, 0.1) is 12.5 Å². The minimum absolute atomic E-state index is 0.146. The Hall–Kier alpha value is -2.17. The Morgan fingerprint density at radius 2 is 1.94 bits per heavy atom. The fourth-order valence-corrected chi connectivity index (χ4v) is 1.49. The molecule has 0 fully saturated rings. The van der Waals surface area contributed by atoms with Gasteiger partial charge in [0, 0.05) is 19.8 Å². The first kappa shape index (κ1) is 11.3. The fourth-order valence-electron chi connectivity index (χ4n) is 1.49. The van der Waals surface area contributed by atoms with Crippen molar-refractivity contribution in [2.45, 2.75) is 0 Å². The minimum Gasteiger partial charge on any atom is -0.343 e. The van der Waals surface area contributed by atoms with Gasteiger partial charge in [0.15, 0.2) is 0 Å². The molecule has 1 aromatic carbocycles. The number of carbonyl (C=O) groups excluding carboxylic acids is 1. The monoisotopic (exact) mass is 233 g/mol. The maximum Gasteiger partial charge on any atom is 0.271 e. The molecule has 0 bridgehead atoms. The third-order valence-corrected chi connectivity index (χ3v) is 2.37. The second-order valence-corrected chi connectivity index (χ2v) is 3.82. The zero-order valence-corrected chi connectivity index (χ0v) is 9.59. The summed E-state index contributed by atoms with van der Waals surface area (Å²) in [6, 6.07) is 5.89. The lowest BCUT2D eigenvalue weighted by Crippen LogP contribution is -2.24. The first-order valence-corrected chi connectivity index (χ1v) is 5.09. The van der Waals surface area contributed by atoms with Gasteiger partial charge in [-0.15, -0.1) is 0 Å². The minimum atomic E-state index is -0.311. The van der Waals surface area contributed by atoms with Gasteiger partial charge < -0.3 is 4.90 Å². The van der Waals surface area contributed by atoms with Crippen molar-refractivity contribution in [1.82, 2.24) is 14.5 Å². The predicted octanol–water partition coefficient (Wildman–Crippen LogP) is 1.71. The molecule has 1 heterocycles. The summed E-state index contributed by atoms with van der Waals surface area (Å²) < 4.78 is 14.4. The maximum atomic E-state index is 12.8. The molecule has 1 amide bonds. The van der Waals surface area contributed by atoms with Crippen LogP contribution in [0.4, 0.5) is 4.39 Å². The summed E-state index contributed by atoms with van der Waals surface area (Å²) in [5.74, 6) is -0.457. The van der Waals surface area contributed by atoms with Gasteiger partial charge in [0.25, 0.3) is 5.91 Å². The number of hydrogen-bond donors (Lipinski definition) is 0. The number of nitrogens with zero attached hydrogens (tertiary/aromatic N) is 3. The number of halogens is 1. The fraction of sp³-hybridized carbons (Fsp3) is 0.167. The molecule has 0 aliphatic heterocycles. The molecule has 0 saturated heterocycles. The summed E-state index contributed by atoms with van der Waals surface area (Å²) in [6.07, 6.45) is 3.02. The molecule has 0 spiro atoms. The molecule has 0 unspecified atom stereocenters. The molecule has 0 aliphatic carbocycles. The molecule has 5 heteroatoms. The van der Waals surface area contributed by atoms with Crippen LogP contribution >= 0.6 is 0 Å². The standard InChI is InChI=1S/C12H12FN3O/c1-15(2)12(17)11-7-14-8-16(11)10-5-3-9(13)4-6-10/h3-8H,1-2H3. The SMILES string of the molecule is CN(C)C(=O)c1cncn1-c1ccc(F)cc1. The van der Waals surface area contributed by atoms with E-state index in [0.717, 1.165) is 0 Å². The number of imidazole rings is 1. The number of amides is 1. The van der Waals surface area contributed by atoms with Crippen LogP contribution in [-0.4, -0.2) is 34.5 Å². The highest BCUT2D eigenvalue weighted by Gasteiger charge is 2.14. The molecular weight excluding hydrogens is 221 g/mol. The van der Waals surface area contributed by atoms with Gasteiger partial charge in [-0.05, 0) is 24.3 Å². The van der Waals surface area contributed by atoms with Crippen LogP contribution in [0.2, 0.25) is 0 Å². The molecule has 4 nitrogen and oxygen atoms in total. The van der Waals surface area contributed by atoms with Gasteiger partial charge in [-0.3, -0.25) is 9.36 Å². The first-order chi connectivity index (χ1) is 8.09. The van der Waals surface area contributed by atoms with Crippen LogP contribution in [0, 0.1) is 5.82 Å². The van der Waals surface area contributed by atoms with Crippen molar-refractivity contribution in [2.24, 2.45) is 0 Å². The zero-order chi connectivity index (χ0) is 12.4. The Labute approximate surface area is 98.3 Å². The van der Waals surface area contributed by atoms with Gasteiger partial charge in [-0.2, -0.15) is 0 Å². The average molecular weight is 233 g/mol. The van der Waals surface area contributed by atoms with Gasteiger partial charge in [-0.25, -0.2) is 9.37 Å². The van der Waals surface area contributed by atoms with Crippen LogP contribution in [0.5, 0.6) is 0 Å². The van der Waals surface area contributed by atoms with Crippen LogP contribution in [0.15, 0.2) is 36.8 Å². The number of rotatable bonds is 2. The van der Waals surface area contributed by atoms with E-state index < -0.39 is 0 Å². The van der Waals surface area contributed by atoms with E-state index in [1.54, 1.807) is 30.8 Å². The van der Waals surface area contributed by atoms with Gasteiger partial charge in [-0.1, -0.05) is 0 Å². The molecule has 0 saturated carbocycles. The van der Waals surface area contributed by atoms with E-state index in [1.165, 1.54) is 29.6 Å². The molecule has 2 rings (SSSR count). The zero-order valence-electron chi connectivity index (χ0n) is 9.59. The van der Waals surface area contributed by atoms with Crippen molar-refractivity contribution in [2.75, 3.05) is 14.1 Å². The van der Waals surface area contributed by atoms with Gasteiger partial charge in [0.1, 0.15) is 11.5 Å². The quantitative estimate of drug-likeness (QED) is 0.792. The third-order valence-electron chi connectivity index (χ3n) is 2.37. The summed E-state index contributed by atoms with van der Waals surface area (Å²) in [5, 5.41) is 0. The smallest absolute Gasteiger partial charge is 0.271 e. The highest BCUT2D eigenvalue weighted by Crippen LogP contribution is 2.13. The third kappa shape index (κ3) is 2.18. The summed E-state index contributed by atoms with van der Waals surface area (Å²) in [4.78, 5) is 17.3. The van der Waals surface area contributed by atoms with Crippen molar-refractivity contribution in [3.8, 4) is 5.69 Å². The second-order valence-electron chi connectivity index (χ2n) is 3.82. The number of benzene rings is 1. The summed E-state index contributed by atoms with van der Waals surface area (Å²) >= 11 is 0. The lowest BCUT2D eigenvalue weighted by Gasteiger charge is -2.12. The number of aromatic nitrogens is 2. The van der Waals surface area contributed by atoms with Crippen LogP contribution < -0.4 is 0 Å². The van der Waals surface area contributed by atoms with Gasteiger partial charge >= 0.3 is 0 Å². The second kappa shape index (κ2) is 4.37. The summed E-state index contributed by atoms with van der Waals surface area (Å²) in [5.41, 5.74) is 1.15. The predicted molar refractivity (Wildman–Crippen MR) is 61.5 cm³/mol. The highest BCUT2D eigenvalue weighted by atomic mass is 19.1. The largest absolute Gasteiger partial charge is 0.343 e. The molecule has 2 aromatic rings. The number of hydrogen-bond acceptors (Lipinski definition) is 2. The average Bonchev–Trinajstić information content (AvgIpc) is 2.77. The lowest BCUT2D eigenvalue weighted by molar-refractivity contribution is 0.0820. The Kier molecular flexibility index (Phi) is 2.91. The number of carbonyl (C=O) groups is 1.